The average molecular weight is 479 g/mol. The minimum Gasteiger partial charge on any atom is -0.389 e. The van der Waals surface area contributed by atoms with Crippen molar-refractivity contribution >= 4 is 28.2 Å². The van der Waals surface area contributed by atoms with Crippen molar-refractivity contribution in [1.82, 2.24) is 24.5 Å². The summed E-state index contributed by atoms with van der Waals surface area (Å²) >= 11 is 6.64. The summed E-state index contributed by atoms with van der Waals surface area (Å²) in [6, 6.07) is 3.01. The molecule has 0 radical (unpaired) electrons. The predicted octanol–water partition coefficient (Wildman–Crippen LogP) is 2.73. The van der Waals surface area contributed by atoms with Crippen LogP contribution in [0.25, 0.3) is 16.6 Å². The molecule has 1 aliphatic carbocycles. The van der Waals surface area contributed by atoms with Crippen molar-refractivity contribution in [1.29, 1.82) is 0 Å². The highest BCUT2D eigenvalue weighted by molar-refractivity contribution is 6.34. The highest BCUT2D eigenvalue weighted by Crippen LogP contribution is 2.52. The number of benzene rings is 1. The number of ether oxygens (including phenoxy) is 1. The third kappa shape index (κ3) is 3.42. The Morgan fingerprint density at radius 3 is 2.58 bits per heavy atom. The zero-order valence-corrected chi connectivity index (χ0v) is 18.9. The van der Waals surface area contributed by atoms with Crippen LogP contribution in [0.3, 0.4) is 0 Å². The third-order valence-corrected chi connectivity index (χ3v) is 7.61. The summed E-state index contributed by atoms with van der Waals surface area (Å²) in [5.41, 5.74) is 2.01. The number of fused-ring (bicyclic) bond motifs is 1. The van der Waals surface area contributed by atoms with E-state index in [1.807, 2.05) is 12.1 Å². The Balaban J connectivity index is 1.25. The van der Waals surface area contributed by atoms with Crippen molar-refractivity contribution in [3.05, 3.63) is 35.7 Å². The normalized spacial score (nSPS) is 29.8. The van der Waals surface area contributed by atoms with Crippen LogP contribution in [0.15, 0.2) is 30.7 Å². The molecular formula is C22H25ClF2N6O2. The maximum absolute atomic E-state index is 13.4. The second-order valence-corrected chi connectivity index (χ2v) is 9.85. The number of nitrogens with zero attached hydrogens (tertiary/aromatic N) is 6. The Bertz CT molecular complexity index is 1210. The van der Waals surface area contributed by atoms with Crippen LogP contribution in [0.4, 0.5) is 14.5 Å². The molecule has 3 atom stereocenters. The van der Waals surface area contributed by atoms with Crippen molar-refractivity contribution in [2.75, 3.05) is 44.3 Å². The molecule has 3 unspecified atom stereocenters. The van der Waals surface area contributed by atoms with Crippen molar-refractivity contribution in [3.8, 4) is 5.69 Å². The van der Waals surface area contributed by atoms with Crippen molar-refractivity contribution in [2.45, 2.75) is 37.0 Å². The van der Waals surface area contributed by atoms with Gasteiger partial charge in [0.1, 0.15) is 11.7 Å². The fraction of sp³-hybridized carbons (Fsp3) is 0.545. The number of rotatable bonds is 4. The molecule has 1 aromatic carbocycles. The molecule has 3 fully saturated rings. The number of aliphatic hydroxyl groups is 1. The molecule has 176 valence electrons. The van der Waals surface area contributed by atoms with E-state index in [9.17, 15) is 13.9 Å². The van der Waals surface area contributed by atoms with Crippen molar-refractivity contribution < 1.29 is 18.6 Å². The van der Waals surface area contributed by atoms with Gasteiger partial charge in [0.15, 0.2) is 0 Å². The first kappa shape index (κ1) is 21.3. The van der Waals surface area contributed by atoms with Crippen LogP contribution in [-0.4, -0.2) is 86.5 Å². The van der Waals surface area contributed by atoms with E-state index in [-0.39, 0.29) is 12.0 Å². The minimum atomic E-state index is -2.68. The number of aromatic nitrogens is 4. The van der Waals surface area contributed by atoms with Gasteiger partial charge >= 0.3 is 0 Å². The standard InChI is InChI=1S/C22H25ClF2N6O2/c1-21(13-33-12-20(21)32)29-4-2-28(3-5-29)18-7-17-14(6-16(18)23)9-27-31(17)15-10-26-30(11-15)19-8-22(19,24)25/h6-7,9-11,19-20,32H,2-5,8,12-13H2,1H3. The van der Waals surface area contributed by atoms with E-state index in [0.717, 1.165) is 42.8 Å². The number of hydrogen-bond donors (Lipinski definition) is 1. The Kier molecular flexibility index (Phi) is 4.75. The Morgan fingerprint density at radius 1 is 1.15 bits per heavy atom. The first-order valence-electron chi connectivity index (χ1n) is 11.1. The molecule has 33 heavy (non-hydrogen) atoms. The number of hydrogen-bond acceptors (Lipinski definition) is 6. The summed E-state index contributed by atoms with van der Waals surface area (Å²) in [4.78, 5) is 4.52. The number of aliphatic hydroxyl groups excluding tert-OH is 1. The molecule has 0 bridgehead atoms. The Hall–Kier alpha value is -2.27. The molecule has 0 spiro atoms. The van der Waals surface area contributed by atoms with Crippen LogP contribution < -0.4 is 4.90 Å². The first-order chi connectivity index (χ1) is 15.8. The van der Waals surface area contributed by atoms with Gasteiger partial charge < -0.3 is 14.7 Å². The van der Waals surface area contributed by atoms with Gasteiger partial charge in [0.25, 0.3) is 5.92 Å². The maximum Gasteiger partial charge on any atom is 0.272 e. The van der Waals surface area contributed by atoms with E-state index in [4.69, 9.17) is 16.3 Å². The van der Waals surface area contributed by atoms with E-state index < -0.39 is 18.1 Å². The van der Waals surface area contributed by atoms with Gasteiger partial charge in [-0.05, 0) is 19.1 Å². The molecule has 11 heteroatoms. The SMILES string of the molecule is CC1(N2CCN(c3cc4c(cnn4-c4cnn(C5CC5(F)F)c4)cc3Cl)CC2)COCC1O. The molecule has 2 aliphatic heterocycles. The highest BCUT2D eigenvalue weighted by Gasteiger charge is 2.59. The summed E-state index contributed by atoms with van der Waals surface area (Å²) in [5.74, 6) is -2.68. The number of piperazine rings is 1. The van der Waals surface area contributed by atoms with E-state index in [2.05, 4.69) is 26.9 Å². The van der Waals surface area contributed by atoms with Gasteiger partial charge in [-0.25, -0.2) is 13.5 Å². The first-order valence-corrected chi connectivity index (χ1v) is 11.5. The molecule has 3 aromatic rings. The quantitative estimate of drug-likeness (QED) is 0.621. The summed E-state index contributed by atoms with van der Waals surface area (Å²) < 4.78 is 35.4. The van der Waals surface area contributed by atoms with Crippen LogP contribution in [-0.2, 0) is 4.74 Å². The number of halogens is 3. The van der Waals surface area contributed by atoms with Crippen LogP contribution in [0.5, 0.6) is 0 Å². The molecule has 1 saturated carbocycles. The van der Waals surface area contributed by atoms with Gasteiger partial charge in [-0.15, -0.1) is 0 Å². The fourth-order valence-electron chi connectivity index (χ4n) is 4.99. The summed E-state index contributed by atoms with van der Waals surface area (Å²) in [6.45, 7) is 6.04. The lowest BCUT2D eigenvalue weighted by Gasteiger charge is -2.45. The second-order valence-electron chi connectivity index (χ2n) is 9.44. The van der Waals surface area contributed by atoms with Crippen LogP contribution in [0, 0.1) is 0 Å². The van der Waals surface area contributed by atoms with Gasteiger partial charge in [0.05, 0.1) is 59.7 Å². The maximum atomic E-state index is 13.4. The van der Waals surface area contributed by atoms with E-state index >= 15 is 0 Å². The van der Waals surface area contributed by atoms with E-state index in [1.165, 1.54) is 4.68 Å². The zero-order chi connectivity index (χ0) is 23.0. The predicted molar refractivity (Wildman–Crippen MR) is 119 cm³/mol. The van der Waals surface area contributed by atoms with Crippen molar-refractivity contribution in [3.63, 3.8) is 0 Å². The molecule has 2 aromatic heterocycles. The monoisotopic (exact) mass is 478 g/mol. The van der Waals surface area contributed by atoms with E-state index in [1.54, 1.807) is 23.3 Å². The molecule has 1 N–H and O–H groups in total. The molecule has 8 nitrogen and oxygen atoms in total. The molecule has 3 aliphatic rings. The van der Waals surface area contributed by atoms with Gasteiger partial charge in [-0.1, -0.05) is 11.6 Å². The molecule has 6 rings (SSSR count). The lowest BCUT2D eigenvalue weighted by atomic mass is 9.95. The summed E-state index contributed by atoms with van der Waals surface area (Å²) in [7, 11) is 0. The topological polar surface area (TPSA) is 71.6 Å². The van der Waals surface area contributed by atoms with Crippen LogP contribution in [0.1, 0.15) is 19.4 Å². The second kappa shape index (κ2) is 7.36. The van der Waals surface area contributed by atoms with Crippen molar-refractivity contribution in [2.24, 2.45) is 0 Å². The molecule has 2 saturated heterocycles. The Morgan fingerprint density at radius 2 is 1.91 bits per heavy atom. The zero-order valence-electron chi connectivity index (χ0n) is 18.2. The largest absolute Gasteiger partial charge is 0.389 e. The van der Waals surface area contributed by atoms with Gasteiger partial charge in [0.2, 0.25) is 0 Å². The smallest absolute Gasteiger partial charge is 0.272 e. The number of alkyl halides is 2. The van der Waals surface area contributed by atoms with E-state index in [0.29, 0.717) is 23.9 Å². The average Bonchev–Trinajstić information content (AvgIpc) is 3.21. The Labute approximate surface area is 194 Å². The lowest BCUT2D eigenvalue weighted by Crippen LogP contribution is -2.60. The molecule has 4 heterocycles. The fourth-order valence-corrected chi connectivity index (χ4v) is 5.28. The van der Waals surface area contributed by atoms with Gasteiger partial charge in [-0.3, -0.25) is 9.58 Å². The lowest BCUT2D eigenvalue weighted by molar-refractivity contribution is 0.00884. The summed E-state index contributed by atoms with van der Waals surface area (Å²) in [5, 5.41) is 20.5. The summed E-state index contributed by atoms with van der Waals surface area (Å²) in [6.07, 6.45) is 4.22. The molecular weight excluding hydrogens is 454 g/mol. The van der Waals surface area contributed by atoms with Crippen LogP contribution in [0.2, 0.25) is 5.02 Å². The van der Waals surface area contributed by atoms with Gasteiger partial charge in [0, 0.05) is 38.0 Å². The highest BCUT2D eigenvalue weighted by atomic mass is 35.5. The minimum absolute atomic E-state index is 0.179. The number of anilines is 1. The van der Waals surface area contributed by atoms with Gasteiger partial charge in [-0.2, -0.15) is 10.2 Å². The third-order valence-electron chi connectivity index (χ3n) is 7.31. The van der Waals surface area contributed by atoms with Crippen LogP contribution >= 0.6 is 11.6 Å². The molecule has 0 amide bonds.